The van der Waals surface area contributed by atoms with Crippen LogP contribution in [0.5, 0.6) is 0 Å². The predicted molar refractivity (Wildman–Crippen MR) is 71.2 cm³/mol. The molecule has 3 amide bonds. The number of aliphatic carboxylic acids is 1. The molecule has 0 aromatic carbocycles. The lowest BCUT2D eigenvalue weighted by atomic mass is 10.2. The van der Waals surface area contributed by atoms with Crippen LogP contribution in [0.4, 0.5) is 4.79 Å². The van der Waals surface area contributed by atoms with Gasteiger partial charge in [-0.15, -0.1) is 0 Å². The van der Waals surface area contributed by atoms with Gasteiger partial charge in [0.25, 0.3) is 0 Å². The van der Waals surface area contributed by atoms with Crippen LogP contribution in [0.25, 0.3) is 0 Å². The maximum absolute atomic E-state index is 12.4. The summed E-state index contributed by atoms with van der Waals surface area (Å²) in [5.41, 5.74) is 0. The first-order valence-corrected chi connectivity index (χ1v) is 7.04. The molecule has 0 radical (unpaired) electrons. The van der Waals surface area contributed by atoms with E-state index in [0.717, 1.165) is 12.8 Å². The topological polar surface area (TPSA) is 81.2 Å². The molecule has 2 aliphatic heterocycles. The summed E-state index contributed by atoms with van der Waals surface area (Å²) in [7, 11) is 0. The Morgan fingerprint density at radius 1 is 0.950 bits per heavy atom. The number of urea groups is 1. The lowest BCUT2D eigenvalue weighted by Gasteiger charge is -2.29. The van der Waals surface area contributed by atoms with E-state index in [-0.39, 0.29) is 11.9 Å². The number of carboxylic acids is 1. The van der Waals surface area contributed by atoms with E-state index in [0.29, 0.717) is 39.1 Å². The van der Waals surface area contributed by atoms with Crippen molar-refractivity contribution in [3.8, 4) is 0 Å². The van der Waals surface area contributed by atoms with Gasteiger partial charge in [0.05, 0.1) is 0 Å². The molecule has 0 saturated carbocycles. The lowest BCUT2D eigenvalue weighted by Crippen LogP contribution is -2.49. The molecular weight excluding hydrogens is 262 g/mol. The van der Waals surface area contributed by atoms with E-state index in [1.54, 1.807) is 9.80 Å². The maximum atomic E-state index is 12.4. The highest BCUT2D eigenvalue weighted by Crippen LogP contribution is 2.20. The second-order valence-corrected chi connectivity index (χ2v) is 5.32. The SMILES string of the molecule is CC(=O)N1CCCN(C(=O)N2CCC[C@@H]2C(=O)O)CC1. The Balaban J connectivity index is 1.98. The number of rotatable bonds is 1. The number of carbonyl (C=O) groups excluding carboxylic acids is 2. The number of carbonyl (C=O) groups is 3. The van der Waals surface area contributed by atoms with Gasteiger partial charge in [0, 0.05) is 39.6 Å². The van der Waals surface area contributed by atoms with Gasteiger partial charge in [0.2, 0.25) is 5.91 Å². The van der Waals surface area contributed by atoms with Gasteiger partial charge >= 0.3 is 12.0 Å². The minimum absolute atomic E-state index is 0.0175. The third kappa shape index (κ3) is 3.02. The summed E-state index contributed by atoms with van der Waals surface area (Å²) >= 11 is 0. The molecule has 2 saturated heterocycles. The molecule has 7 nitrogen and oxygen atoms in total. The Morgan fingerprint density at radius 2 is 1.60 bits per heavy atom. The molecule has 2 heterocycles. The molecule has 7 heteroatoms. The molecule has 2 aliphatic rings. The van der Waals surface area contributed by atoms with Gasteiger partial charge in [-0.25, -0.2) is 9.59 Å². The van der Waals surface area contributed by atoms with Gasteiger partial charge in [-0.05, 0) is 19.3 Å². The van der Waals surface area contributed by atoms with Crippen LogP contribution in [-0.2, 0) is 9.59 Å². The van der Waals surface area contributed by atoms with E-state index in [1.807, 2.05) is 0 Å². The summed E-state index contributed by atoms with van der Waals surface area (Å²) in [6.07, 6.45) is 1.99. The highest BCUT2D eigenvalue weighted by atomic mass is 16.4. The van der Waals surface area contributed by atoms with Crippen molar-refractivity contribution < 1.29 is 19.5 Å². The average Bonchev–Trinajstić information content (AvgIpc) is 2.75. The molecule has 0 aliphatic carbocycles. The Labute approximate surface area is 118 Å². The molecule has 1 atom stereocenters. The van der Waals surface area contributed by atoms with Crippen molar-refractivity contribution in [3.05, 3.63) is 0 Å². The Bertz CT molecular complexity index is 412. The molecule has 0 aromatic rings. The summed E-state index contributed by atoms with van der Waals surface area (Å²) in [4.78, 5) is 39.8. The van der Waals surface area contributed by atoms with Crippen molar-refractivity contribution in [2.45, 2.75) is 32.2 Å². The number of nitrogens with zero attached hydrogens (tertiary/aromatic N) is 3. The summed E-state index contributed by atoms with van der Waals surface area (Å²) in [6, 6.07) is -0.907. The Hall–Kier alpha value is -1.79. The van der Waals surface area contributed by atoms with E-state index in [2.05, 4.69) is 0 Å². The third-order valence-electron chi connectivity index (χ3n) is 4.00. The smallest absolute Gasteiger partial charge is 0.326 e. The maximum Gasteiger partial charge on any atom is 0.326 e. The van der Waals surface area contributed by atoms with Crippen LogP contribution in [0.3, 0.4) is 0 Å². The number of hydrogen-bond acceptors (Lipinski definition) is 3. The van der Waals surface area contributed by atoms with Crippen molar-refractivity contribution in [1.82, 2.24) is 14.7 Å². The van der Waals surface area contributed by atoms with Crippen molar-refractivity contribution in [3.63, 3.8) is 0 Å². The first kappa shape index (κ1) is 14.6. The molecule has 2 fully saturated rings. The fourth-order valence-corrected chi connectivity index (χ4v) is 2.86. The van der Waals surface area contributed by atoms with E-state index >= 15 is 0 Å². The second kappa shape index (κ2) is 6.11. The first-order valence-electron chi connectivity index (χ1n) is 7.04. The highest BCUT2D eigenvalue weighted by molar-refractivity contribution is 5.83. The van der Waals surface area contributed by atoms with Crippen LogP contribution >= 0.6 is 0 Å². The average molecular weight is 283 g/mol. The zero-order valence-corrected chi connectivity index (χ0v) is 11.7. The summed E-state index contributed by atoms with van der Waals surface area (Å²) in [5, 5.41) is 9.14. The third-order valence-corrected chi connectivity index (χ3v) is 4.00. The van der Waals surface area contributed by atoms with E-state index in [1.165, 1.54) is 11.8 Å². The van der Waals surface area contributed by atoms with E-state index < -0.39 is 12.0 Å². The van der Waals surface area contributed by atoms with Gasteiger partial charge in [0.15, 0.2) is 0 Å². The summed E-state index contributed by atoms with van der Waals surface area (Å²) in [6.45, 7) is 4.25. The van der Waals surface area contributed by atoms with Crippen LogP contribution in [0.1, 0.15) is 26.2 Å². The second-order valence-electron chi connectivity index (χ2n) is 5.32. The van der Waals surface area contributed by atoms with Crippen LogP contribution in [0.15, 0.2) is 0 Å². The minimum Gasteiger partial charge on any atom is -0.480 e. The largest absolute Gasteiger partial charge is 0.480 e. The van der Waals surface area contributed by atoms with Crippen LogP contribution < -0.4 is 0 Å². The van der Waals surface area contributed by atoms with Gasteiger partial charge in [-0.2, -0.15) is 0 Å². The highest BCUT2D eigenvalue weighted by Gasteiger charge is 2.36. The normalized spacial score (nSPS) is 23.6. The van der Waals surface area contributed by atoms with Gasteiger partial charge in [-0.3, -0.25) is 4.79 Å². The number of amides is 3. The summed E-state index contributed by atoms with van der Waals surface area (Å²) in [5.74, 6) is -0.917. The van der Waals surface area contributed by atoms with Crippen molar-refractivity contribution in [2.24, 2.45) is 0 Å². The standard InChI is InChI=1S/C13H21N3O4/c1-10(17)14-5-3-6-15(9-8-14)13(20)16-7-2-4-11(16)12(18)19/h11H,2-9H2,1H3,(H,18,19)/t11-/m1/s1. The first-order chi connectivity index (χ1) is 9.50. The van der Waals surface area contributed by atoms with Crippen molar-refractivity contribution in [1.29, 1.82) is 0 Å². The molecule has 2 rings (SSSR count). The molecule has 0 spiro atoms. The predicted octanol–water partition coefficient (Wildman–Crippen LogP) is 0.210. The van der Waals surface area contributed by atoms with Crippen LogP contribution in [-0.4, -0.2) is 76.5 Å². The van der Waals surface area contributed by atoms with Gasteiger partial charge in [0.1, 0.15) is 6.04 Å². The molecule has 112 valence electrons. The van der Waals surface area contributed by atoms with Crippen molar-refractivity contribution in [2.75, 3.05) is 32.7 Å². The van der Waals surface area contributed by atoms with Gasteiger partial charge < -0.3 is 19.8 Å². The fourth-order valence-electron chi connectivity index (χ4n) is 2.86. The minimum atomic E-state index is -0.934. The van der Waals surface area contributed by atoms with E-state index in [9.17, 15) is 14.4 Å². The quantitative estimate of drug-likeness (QED) is 0.746. The molecular formula is C13H21N3O4. The number of hydrogen-bond donors (Lipinski definition) is 1. The fraction of sp³-hybridized carbons (Fsp3) is 0.769. The zero-order valence-electron chi connectivity index (χ0n) is 11.7. The zero-order chi connectivity index (χ0) is 14.7. The Kier molecular flexibility index (Phi) is 4.46. The summed E-state index contributed by atoms with van der Waals surface area (Å²) < 4.78 is 0. The molecule has 20 heavy (non-hydrogen) atoms. The van der Waals surface area contributed by atoms with Gasteiger partial charge in [-0.1, -0.05) is 0 Å². The van der Waals surface area contributed by atoms with Crippen LogP contribution in [0.2, 0.25) is 0 Å². The number of likely N-dealkylation sites (tertiary alicyclic amines) is 1. The Morgan fingerprint density at radius 3 is 2.25 bits per heavy atom. The molecule has 0 unspecified atom stereocenters. The molecule has 0 bridgehead atoms. The monoisotopic (exact) mass is 283 g/mol. The lowest BCUT2D eigenvalue weighted by molar-refractivity contribution is -0.141. The van der Waals surface area contributed by atoms with Crippen molar-refractivity contribution >= 4 is 17.9 Å². The molecule has 1 N–H and O–H groups in total. The number of carboxylic acid groups (broad SMARTS) is 1. The van der Waals surface area contributed by atoms with E-state index in [4.69, 9.17) is 5.11 Å². The van der Waals surface area contributed by atoms with Crippen LogP contribution in [0, 0.1) is 0 Å². The molecule has 0 aromatic heterocycles.